The Kier molecular flexibility index (Phi) is 3.55. The molecule has 2 amide bonds. The van der Waals surface area contributed by atoms with E-state index in [9.17, 15) is 9.59 Å². The Morgan fingerprint density at radius 3 is 2.62 bits per heavy atom. The minimum atomic E-state index is -0.484. The topological polar surface area (TPSA) is 96.2 Å². The van der Waals surface area contributed by atoms with Gasteiger partial charge in [0, 0.05) is 39.3 Å². The zero-order valence-electron chi connectivity index (χ0n) is 13.5. The number of aromatic nitrogens is 4. The van der Waals surface area contributed by atoms with Crippen molar-refractivity contribution in [1.29, 1.82) is 0 Å². The molecule has 0 atom stereocenters. The molecule has 9 heteroatoms. The molecule has 0 aromatic carbocycles. The highest BCUT2D eigenvalue weighted by atomic mass is 16.2. The van der Waals surface area contributed by atoms with E-state index in [1.54, 1.807) is 15.8 Å². The zero-order valence-corrected chi connectivity index (χ0v) is 13.5. The van der Waals surface area contributed by atoms with Crippen molar-refractivity contribution in [2.24, 2.45) is 7.05 Å². The summed E-state index contributed by atoms with van der Waals surface area (Å²) in [4.78, 5) is 36.4. The third-order valence-corrected chi connectivity index (χ3v) is 4.48. The number of carbonyl (C=O) groups is 2. The molecule has 24 heavy (non-hydrogen) atoms. The molecule has 1 N–H and O–H groups in total. The Hall–Kier alpha value is -2.71. The summed E-state index contributed by atoms with van der Waals surface area (Å²) in [5, 5.41) is 7.86. The number of aryl methyl sites for hydroxylation is 1. The number of nitrogens with zero attached hydrogens (tertiary/aromatic N) is 6. The zero-order chi connectivity index (χ0) is 16.7. The lowest BCUT2D eigenvalue weighted by Gasteiger charge is -2.35. The van der Waals surface area contributed by atoms with Crippen molar-refractivity contribution in [3.63, 3.8) is 0 Å². The van der Waals surface area contributed by atoms with E-state index < -0.39 is 11.8 Å². The van der Waals surface area contributed by atoms with Crippen molar-refractivity contribution in [2.75, 3.05) is 31.1 Å². The molecule has 1 aliphatic heterocycles. The number of amides is 2. The first-order valence-corrected chi connectivity index (χ1v) is 8.11. The SMILES string of the molecule is Cn1ncc2c(N3CCN(C(=O)C(=O)NC4CC4)CC3)ncnc21. The van der Waals surface area contributed by atoms with Gasteiger partial charge in [0.1, 0.15) is 12.1 Å². The van der Waals surface area contributed by atoms with Crippen LogP contribution < -0.4 is 10.2 Å². The fraction of sp³-hybridized carbons (Fsp3) is 0.533. The Morgan fingerprint density at radius 2 is 1.92 bits per heavy atom. The number of carbonyl (C=O) groups excluding carboxylic acids is 2. The Labute approximate surface area is 138 Å². The van der Waals surface area contributed by atoms with E-state index in [-0.39, 0.29) is 6.04 Å². The van der Waals surface area contributed by atoms with Gasteiger partial charge in [-0.1, -0.05) is 0 Å². The minimum Gasteiger partial charge on any atom is -0.352 e. The number of piperazine rings is 1. The number of rotatable bonds is 2. The van der Waals surface area contributed by atoms with Gasteiger partial charge in [-0.25, -0.2) is 9.97 Å². The molecule has 0 spiro atoms. The average molecular weight is 329 g/mol. The predicted molar refractivity (Wildman–Crippen MR) is 86.3 cm³/mol. The van der Waals surface area contributed by atoms with Crippen molar-refractivity contribution in [2.45, 2.75) is 18.9 Å². The summed E-state index contributed by atoms with van der Waals surface area (Å²) >= 11 is 0. The van der Waals surface area contributed by atoms with Crippen LogP contribution >= 0.6 is 0 Å². The second-order valence-electron chi connectivity index (χ2n) is 6.23. The van der Waals surface area contributed by atoms with Crippen molar-refractivity contribution in [3.05, 3.63) is 12.5 Å². The standard InChI is InChI=1S/C15H19N7O2/c1-20-12-11(8-18-20)13(17-9-16-12)21-4-6-22(7-5-21)15(24)14(23)19-10-2-3-10/h8-10H,2-7H2,1H3,(H,19,23). The monoisotopic (exact) mass is 329 g/mol. The molecule has 2 aliphatic rings. The predicted octanol–water partition coefficient (Wildman–Crippen LogP) is -0.709. The lowest BCUT2D eigenvalue weighted by Crippen LogP contribution is -2.53. The van der Waals surface area contributed by atoms with Crippen LogP contribution in [-0.2, 0) is 16.6 Å². The molecule has 1 saturated heterocycles. The average Bonchev–Trinajstić information content (AvgIpc) is 3.35. The van der Waals surface area contributed by atoms with Gasteiger partial charge in [0.05, 0.1) is 11.6 Å². The molecule has 1 saturated carbocycles. The Bertz CT molecular complexity index is 790. The fourth-order valence-electron chi connectivity index (χ4n) is 2.94. The van der Waals surface area contributed by atoms with Crippen molar-refractivity contribution >= 4 is 28.7 Å². The molecule has 1 aliphatic carbocycles. The van der Waals surface area contributed by atoms with Crippen molar-refractivity contribution in [1.82, 2.24) is 30.0 Å². The Balaban J connectivity index is 1.43. The molecule has 126 valence electrons. The molecule has 4 rings (SSSR count). The number of hydrogen-bond acceptors (Lipinski definition) is 6. The number of anilines is 1. The van der Waals surface area contributed by atoms with Crippen LogP contribution in [-0.4, -0.2) is 68.7 Å². The highest BCUT2D eigenvalue weighted by Crippen LogP contribution is 2.23. The van der Waals surface area contributed by atoms with Crippen LogP contribution in [0.15, 0.2) is 12.5 Å². The molecule has 3 heterocycles. The summed E-state index contributed by atoms with van der Waals surface area (Å²) in [5.74, 6) is -0.0963. The molecular weight excluding hydrogens is 310 g/mol. The first-order chi connectivity index (χ1) is 11.6. The lowest BCUT2D eigenvalue weighted by molar-refractivity contribution is -0.146. The summed E-state index contributed by atoms with van der Waals surface area (Å²) in [6.07, 6.45) is 5.23. The molecule has 0 radical (unpaired) electrons. The van der Waals surface area contributed by atoms with Crippen LogP contribution in [0.1, 0.15) is 12.8 Å². The van der Waals surface area contributed by atoms with Crippen LogP contribution in [0.2, 0.25) is 0 Å². The maximum atomic E-state index is 12.2. The van der Waals surface area contributed by atoms with Gasteiger partial charge < -0.3 is 15.1 Å². The largest absolute Gasteiger partial charge is 0.352 e. The highest BCUT2D eigenvalue weighted by molar-refractivity contribution is 6.35. The smallest absolute Gasteiger partial charge is 0.312 e. The van der Waals surface area contributed by atoms with Gasteiger partial charge in [0.15, 0.2) is 5.65 Å². The van der Waals surface area contributed by atoms with Gasteiger partial charge in [-0.3, -0.25) is 14.3 Å². The van der Waals surface area contributed by atoms with E-state index in [0.29, 0.717) is 26.2 Å². The normalized spacial score (nSPS) is 18.0. The fourth-order valence-corrected chi connectivity index (χ4v) is 2.94. The molecule has 0 unspecified atom stereocenters. The summed E-state index contributed by atoms with van der Waals surface area (Å²) in [6.45, 7) is 2.26. The van der Waals surface area contributed by atoms with Gasteiger partial charge >= 0.3 is 11.8 Å². The maximum Gasteiger partial charge on any atom is 0.312 e. The van der Waals surface area contributed by atoms with Crippen LogP contribution in [0.3, 0.4) is 0 Å². The minimum absolute atomic E-state index is 0.197. The first kappa shape index (κ1) is 14.9. The van der Waals surface area contributed by atoms with Gasteiger partial charge in [0.25, 0.3) is 0 Å². The van der Waals surface area contributed by atoms with Gasteiger partial charge in [0.2, 0.25) is 0 Å². The number of fused-ring (bicyclic) bond motifs is 1. The molecule has 2 aromatic rings. The van der Waals surface area contributed by atoms with E-state index in [1.165, 1.54) is 6.33 Å². The summed E-state index contributed by atoms with van der Waals surface area (Å²) < 4.78 is 1.71. The van der Waals surface area contributed by atoms with Crippen LogP contribution in [0.5, 0.6) is 0 Å². The molecule has 2 fully saturated rings. The summed E-state index contributed by atoms with van der Waals surface area (Å²) in [7, 11) is 1.84. The molecule has 2 aromatic heterocycles. The maximum absolute atomic E-state index is 12.2. The second-order valence-corrected chi connectivity index (χ2v) is 6.23. The summed E-state index contributed by atoms with van der Waals surface area (Å²) in [6, 6.07) is 0.197. The summed E-state index contributed by atoms with van der Waals surface area (Å²) in [5.41, 5.74) is 0.780. The molecule has 9 nitrogen and oxygen atoms in total. The molecule has 0 bridgehead atoms. The van der Waals surface area contributed by atoms with Gasteiger partial charge in [-0.2, -0.15) is 5.10 Å². The van der Waals surface area contributed by atoms with Crippen molar-refractivity contribution in [3.8, 4) is 0 Å². The lowest BCUT2D eigenvalue weighted by atomic mass is 10.2. The van der Waals surface area contributed by atoms with Gasteiger partial charge in [-0.05, 0) is 12.8 Å². The van der Waals surface area contributed by atoms with Crippen LogP contribution in [0.4, 0.5) is 5.82 Å². The third-order valence-electron chi connectivity index (χ3n) is 4.48. The number of nitrogens with one attached hydrogen (secondary N) is 1. The van der Waals surface area contributed by atoms with E-state index in [0.717, 1.165) is 29.7 Å². The first-order valence-electron chi connectivity index (χ1n) is 8.11. The van der Waals surface area contributed by atoms with Crippen LogP contribution in [0.25, 0.3) is 11.0 Å². The Morgan fingerprint density at radius 1 is 1.17 bits per heavy atom. The van der Waals surface area contributed by atoms with Crippen molar-refractivity contribution < 1.29 is 9.59 Å². The molecular formula is C15H19N7O2. The van der Waals surface area contributed by atoms with E-state index in [1.807, 2.05) is 7.05 Å². The highest BCUT2D eigenvalue weighted by Gasteiger charge is 2.31. The van der Waals surface area contributed by atoms with E-state index in [2.05, 4.69) is 25.3 Å². The van der Waals surface area contributed by atoms with Crippen LogP contribution in [0, 0.1) is 0 Å². The second kappa shape index (κ2) is 5.73. The quantitative estimate of drug-likeness (QED) is 0.731. The number of hydrogen-bond donors (Lipinski definition) is 1. The van der Waals surface area contributed by atoms with E-state index >= 15 is 0 Å². The van der Waals surface area contributed by atoms with Gasteiger partial charge in [-0.15, -0.1) is 0 Å². The third kappa shape index (κ3) is 2.66. The van der Waals surface area contributed by atoms with E-state index in [4.69, 9.17) is 0 Å².